The number of aromatic nitrogens is 1. The van der Waals surface area contributed by atoms with Crippen LogP contribution in [0.4, 0.5) is 0 Å². The van der Waals surface area contributed by atoms with E-state index < -0.39 is 0 Å². The van der Waals surface area contributed by atoms with Gasteiger partial charge in [-0.05, 0) is 13.5 Å². The Balaban J connectivity index is 2.22. The number of aryl methyl sites for hydroxylation is 1. The Morgan fingerprint density at radius 1 is 1.56 bits per heavy atom. The molecule has 0 spiro atoms. The zero-order chi connectivity index (χ0) is 11.5. The summed E-state index contributed by atoms with van der Waals surface area (Å²) in [6.45, 7) is 3.94. The van der Waals surface area contributed by atoms with Crippen LogP contribution >= 0.6 is 23.1 Å². The molecule has 0 aliphatic carbocycles. The maximum atomic E-state index is 5.76. The largest absolute Gasteiger partial charge is 0.326 e. The molecule has 1 unspecified atom stereocenters. The van der Waals surface area contributed by atoms with Gasteiger partial charge in [0.1, 0.15) is 5.01 Å². The summed E-state index contributed by atoms with van der Waals surface area (Å²) in [5, 5.41) is 1.26. The molecule has 5 heteroatoms. The molecule has 1 saturated heterocycles. The molecular weight excluding hydrogens is 238 g/mol. The van der Waals surface area contributed by atoms with E-state index >= 15 is 0 Å². The molecule has 0 aromatic carbocycles. The normalized spacial score (nSPS) is 22.6. The van der Waals surface area contributed by atoms with Crippen molar-refractivity contribution in [1.82, 2.24) is 9.88 Å². The number of hydrogen-bond acceptors (Lipinski definition) is 5. The van der Waals surface area contributed by atoms with Crippen LogP contribution in [0.5, 0.6) is 0 Å². The quantitative estimate of drug-likeness (QED) is 0.898. The van der Waals surface area contributed by atoms with Crippen LogP contribution in [0.3, 0.4) is 0 Å². The topological polar surface area (TPSA) is 42.2 Å². The second-order valence-corrected chi connectivity index (χ2v) is 6.32. The summed E-state index contributed by atoms with van der Waals surface area (Å²) in [6.07, 6.45) is 0.993. The van der Waals surface area contributed by atoms with Crippen LogP contribution in [0.25, 0.3) is 0 Å². The lowest BCUT2D eigenvalue weighted by Gasteiger charge is -2.30. The fourth-order valence-electron chi connectivity index (χ4n) is 1.93. The Morgan fingerprint density at radius 2 is 2.38 bits per heavy atom. The Kier molecular flexibility index (Phi) is 4.24. The molecule has 1 aliphatic rings. The standard InChI is InChI=1S/C11H19N3S2/c1-3-8-10(6-12)16-11(13-8)9-7-15-5-4-14(9)2/h9H,3-7,12H2,1-2H3. The smallest absolute Gasteiger partial charge is 0.111 e. The second kappa shape index (κ2) is 5.49. The first-order valence-electron chi connectivity index (χ1n) is 5.72. The van der Waals surface area contributed by atoms with Gasteiger partial charge in [0.05, 0.1) is 11.7 Å². The summed E-state index contributed by atoms with van der Waals surface area (Å²) in [6, 6.07) is 0.495. The molecule has 1 aliphatic heterocycles. The van der Waals surface area contributed by atoms with Gasteiger partial charge in [-0.2, -0.15) is 11.8 Å². The fourth-order valence-corrected chi connectivity index (χ4v) is 4.45. The van der Waals surface area contributed by atoms with Gasteiger partial charge in [-0.25, -0.2) is 4.98 Å². The zero-order valence-corrected chi connectivity index (χ0v) is 11.5. The molecule has 1 fully saturated rings. The van der Waals surface area contributed by atoms with Crippen molar-refractivity contribution in [1.29, 1.82) is 0 Å². The molecule has 1 aromatic heterocycles. The van der Waals surface area contributed by atoms with Crippen molar-refractivity contribution in [3.63, 3.8) is 0 Å². The lowest BCUT2D eigenvalue weighted by molar-refractivity contribution is 0.274. The van der Waals surface area contributed by atoms with Crippen molar-refractivity contribution in [3.8, 4) is 0 Å². The third kappa shape index (κ3) is 2.42. The van der Waals surface area contributed by atoms with E-state index in [1.807, 2.05) is 11.8 Å². The van der Waals surface area contributed by atoms with E-state index in [1.54, 1.807) is 11.3 Å². The number of thiazole rings is 1. The third-order valence-corrected chi connectivity index (χ3v) is 5.24. The number of thioether (sulfide) groups is 1. The minimum absolute atomic E-state index is 0.495. The van der Waals surface area contributed by atoms with Crippen molar-refractivity contribution < 1.29 is 0 Å². The molecule has 3 nitrogen and oxygen atoms in total. The SMILES string of the molecule is CCc1nc(C2CSCCN2C)sc1CN. The monoisotopic (exact) mass is 257 g/mol. The lowest BCUT2D eigenvalue weighted by atomic mass is 10.3. The van der Waals surface area contributed by atoms with Crippen LogP contribution in [0.15, 0.2) is 0 Å². The molecule has 1 atom stereocenters. The highest BCUT2D eigenvalue weighted by Crippen LogP contribution is 2.32. The van der Waals surface area contributed by atoms with Gasteiger partial charge in [-0.3, -0.25) is 4.90 Å². The molecular formula is C11H19N3S2. The first-order chi connectivity index (χ1) is 7.76. The Labute approximate surface area is 105 Å². The minimum Gasteiger partial charge on any atom is -0.326 e. The Bertz CT molecular complexity index is 329. The average Bonchev–Trinajstić information content (AvgIpc) is 2.72. The van der Waals surface area contributed by atoms with Gasteiger partial charge in [0.25, 0.3) is 0 Å². The summed E-state index contributed by atoms with van der Waals surface area (Å²) in [5.41, 5.74) is 6.96. The first-order valence-corrected chi connectivity index (χ1v) is 7.70. The first kappa shape index (κ1) is 12.4. The van der Waals surface area contributed by atoms with Crippen LogP contribution < -0.4 is 5.73 Å². The van der Waals surface area contributed by atoms with Crippen molar-refractivity contribution in [2.45, 2.75) is 25.9 Å². The summed E-state index contributed by atoms with van der Waals surface area (Å²) < 4.78 is 0. The fraction of sp³-hybridized carbons (Fsp3) is 0.727. The number of hydrogen-bond donors (Lipinski definition) is 1. The van der Waals surface area contributed by atoms with E-state index in [1.165, 1.54) is 21.3 Å². The van der Waals surface area contributed by atoms with Gasteiger partial charge >= 0.3 is 0 Å². The Hall–Kier alpha value is -0.100. The van der Waals surface area contributed by atoms with Crippen LogP contribution in [-0.4, -0.2) is 35.0 Å². The molecule has 2 N–H and O–H groups in total. The van der Waals surface area contributed by atoms with E-state index in [0.29, 0.717) is 12.6 Å². The molecule has 0 radical (unpaired) electrons. The molecule has 90 valence electrons. The van der Waals surface area contributed by atoms with Crippen LogP contribution in [0.2, 0.25) is 0 Å². The van der Waals surface area contributed by atoms with Crippen LogP contribution in [0, 0.1) is 0 Å². The minimum atomic E-state index is 0.495. The summed E-state index contributed by atoms with van der Waals surface area (Å²) >= 11 is 3.83. The van der Waals surface area contributed by atoms with Crippen LogP contribution in [-0.2, 0) is 13.0 Å². The van der Waals surface area contributed by atoms with E-state index in [-0.39, 0.29) is 0 Å². The summed E-state index contributed by atoms with van der Waals surface area (Å²) in [4.78, 5) is 8.43. The Morgan fingerprint density at radius 3 is 2.94 bits per heavy atom. The van der Waals surface area contributed by atoms with Crippen molar-refractivity contribution in [2.75, 3.05) is 25.1 Å². The van der Waals surface area contributed by atoms with E-state index in [4.69, 9.17) is 10.7 Å². The summed E-state index contributed by atoms with van der Waals surface area (Å²) in [5.74, 6) is 2.40. The molecule has 0 amide bonds. The number of rotatable bonds is 3. The molecule has 1 aromatic rings. The number of nitrogens with two attached hydrogens (primary N) is 1. The van der Waals surface area contributed by atoms with Gasteiger partial charge in [-0.1, -0.05) is 6.92 Å². The third-order valence-electron chi connectivity index (χ3n) is 3.00. The van der Waals surface area contributed by atoms with Gasteiger partial charge in [0.15, 0.2) is 0 Å². The maximum absolute atomic E-state index is 5.76. The van der Waals surface area contributed by atoms with Gasteiger partial charge in [-0.15, -0.1) is 11.3 Å². The lowest BCUT2D eigenvalue weighted by Crippen LogP contribution is -2.32. The predicted octanol–water partition coefficient (Wildman–Crippen LogP) is 1.88. The molecule has 2 heterocycles. The number of nitrogens with zero attached hydrogens (tertiary/aromatic N) is 2. The summed E-state index contributed by atoms with van der Waals surface area (Å²) in [7, 11) is 2.19. The van der Waals surface area contributed by atoms with Crippen molar-refractivity contribution >= 4 is 23.1 Å². The van der Waals surface area contributed by atoms with Gasteiger partial charge in [0, 0.05) is 29.5 Å². The highest BCUT2D eigenvalue weighted by Gasteiger charge is 2.24. The van der Waals surface area contributed by atoms with Crippen molar-refractivity contribution in [3.05, 3.63) is 15.6 Å². The second-order valence-electron chi connectivity index (χ2n) is 4.05. The zero-order valence-electron chi connectivity index (χ0n) is 9.90. The maximum Gasteiger partial charge on any atom is 0.111 e. The average molecular weight is 257 g/mol. The van der Waals surface area contributed by atoms with E-state index in [2.05, 4.69) is 18.9 Å². The highest BCUT2D eigenvalue weighted by atomic mass is 32.2. The van der Waals surface area contributed by atoms with Gasteiger partial charge in [0.2, 0.25) is 0 Å². The molecule has 16 heavy (non-hydrogen) atoms. The highest BCUT2D eigenvalue weighted by molar-refractivity contribution is 7.99. The van der Waals surface area contributed by atoms with Crippen LogP contribution in [0.1, 0.15) is 28.5 Å². The van der Waals surface area contributed by atoms with Crippen molar-refractivity contribution in [2.24, 2.45) is 5.73 Å². The van der Waals surface area contributed by atoms with Gasteiger partial charge < -0.3 is 5.73 Å². The van der Waals surface area contributed by atoms with E-state index in [0.717, 1.165) is 18.7 Å². The molecule has 2 rings (SSSR count). The molecule has 0 saturated carbocycles. The van der Waals surface area contributed by atoms with E-state index in [9.17, 15) is 0 Å². The molecule has 0 bridgehead atoms. The predicted molar refractivity (Wildman–Crippen MR) is 72.1 cm³/mol.